The third-order valence-electron chi connectivity index (χ3n) is 2.66. The molecule has 1 rings (SSSR count). The van der Waals surface area contributed by atoms with E-state index in [2.05, 4.69) is 0 Å². The first-order valence-electron chi connectivity index (χ1n) is 5.32. The van der Waals surface area contributed by atoms with Gasteiger partial charge < -0.3 is 5.11 Å². The first kappa shape index (κ1) is 13.9. The molecule has 0 saturated heterocycles. The molecule has 1 aromatic rings. The van der Waals surface area contributed by atoms with Crippen molar-refractivity contribution >= 4 is 17.3 Å². The summed E-state index contributed by atoms with van der Waals surface area (Å²) < 4.78 is 0. The molecule has 4 nitrogen and oxygen atoms in total. The summed E-state index contributed by atoms with van der Waals surface area (Å²) in [4.78, 5) is 10.4. The molecule has 1 N–H and O–H groups in total. The number of nitrogens with zero attached hydrogens (tertiary/aromatic N) is 1. The summed E-state index contributed by atoms with van der Waals surface area (Å²) >= 11 is 5.72. The van der Waals surface area contributed by atoms with Crippen molar-refractivity contribution in [3.05, 3.63) is 38.9 Å². The number of rotatable bonds is 3. The molecule has 1 atom stereocenters. The topological polar surface area (TPSA) is 63.4 Å². The zero-order chi connectivity index (χ0) is 13.2. The fourth-order valence-corrected chi connectivity index (χ4v) is 1.56. The van der Waals surface area contributed by atoms with Crippen molar-refractivity contribution in [1.82, 2.24) is 0 Å². The van der Waals surface area contributed by atoms with Crippen molar-refractivity contribution in [3.63, 3.8) is 0 Å². The van der Waals surface area contributed by atoms with Crippen LogP contribution >= 0.6 is 11.6 Å². The van der Waals surface area contributed by atoms with E-state index in [0.717, 1.165) is 0 Å². The van der Waals surface area contributed by atoms with Crippen molar-refractivity contribution in [2.24, 2.45) is 5.41 Å². The molecule has 0 bridgehead atoms. The molecule has 0 amide bonds. The van der Waals surface area contributed by atoms with Crippen LogP contribution in [0.25, 0.3) is 0 Å². The second-order valence-corrected chi connectivity index (χ2v) is 5.55. The Hall–Kier alpha value is -1.13. The van der Waals surface area contributed by atoms with Gasteiger partial charge in [-0.25, -0.2) is 0 Å². The summed E-state index contributed by atoms with van der Waals surface area (Å²) in [6.45, 7) is 5.66. The van der Waals surface area contributed by atoms with E-state index in [9.17, 15) is 15.2 Å². The van der Waals surface area contributed by atoms with E-state index >= 15 is 0 Å². The number of nitro benzene ring substituents is 1. The van der Waals surface area contributed by atoms with Gasteiger partial charge in [0.2, 0.25) is 0 Å². The number of aliphatic hydroxyl groups excluding tert-OH is 1. The maximum atomic E-state index is 10.9. The molecule has 0 radical (unpaired) electrons. The summed E-state index contributed by atoms with van der Waals surface area (Å²) in [5, 5.41) is 21.2. The molecule has 0 aromatic heterocycles. The second kappa shape index (κ2) is 5.02. The second-order valence-electron chi connectivity index (χ2n) is 5.12. The zero-order valence-electron chi connectivity index (χ0n) is 10.1. The van der Waals surface area contributed by atoms with E-state index < -0.39 is 11.0 Å². The summed E-state index contributed by atoms with van der Waals surface area (Å²) in [5.74, 6) is 0. The Balaban J connectivity index is 3.03. The zero-order valence-corrected chi connectivity index (χ0v) is 10.9. The smallest absolute Gasteiger partial charge is 0.274 e. The van der Waals surface area contributed by atoms with E-state index in [-0.39, 0.29) is 17.5 Å². The average Bonchev–Trinajstić information content (AvgIpc) is 2.18. The van der Waals surface area contributed by atoms with Crippen LogP contribution in [0.1, 0.15) is 26.3 Å². The Morgan fingerprint density at radius 3 is 2.53 bits per heavy atom. The van der Waals surface area contributed by atoms with Crippen LogP contribution in [0.5, 0.6) is 0 Å². The molecule has 0 aliphatic rings. The molecule has 0 heterocycles. The number of hydrogen-bond donors (Lipinski definition) is 1. The van der Waals surface area contributed by atoms with E-state index in [4.69, 9.17) is 11.6 Å². The average molecular weight is 258 g/mol. The quantitative estimate of drug-likeness (QED) is 0.668. The monoisotopic (exact) mass is 257 g/mol. The minimum Gasteiger partial charge on any atom is -0.392 e. The molecular formula is C12H16ClNO3. The van der Waals surface area contributed by atoms with Crippen molar-refractivity contribution in [2.45, 2.75) is 33.3 Å². The van der Waals surface area contributed by atoms with Crippen molar-refractivity contribution in [1.29, 1.82) is 0 Å². The highest BCUT2D eigenvalue weighted by Gasteiger charge is 2.25. The molecular weight excluding hydrogens is 242 g/mol. The van der Waals surface area contributed by atoms with Crippen molar-refractivity contribution in [3.8, 4) is 0 Å². The van der Waals surface area contributed by atoms with Gasteiger partial charge in [0.15, 0.2) is 0 Å². The highest BCUT2D eigenvalue weighted by atomic mass is 35.5. The van der Waals surface area contributed by atoms with Gasteiger partial charge in [0.1, 0.15) is 0 Å². The highest BCUT2D eigenvalue weighted by molar-refractivity contribution is 6.30. The molecule has 0 aliphatic heterocycles. The normalized spacial score (nSPS) is 13.5. The summed E-state index contributed by atoms with van der Waals surface area (Å²) in [5.41, 5.74) is 0.149. The van der Waals surface area contributed by atoms with Gasteiger partial charge in [-0.15, -0.1) is 0 Å². The van der Waals surface area contributed by atoms with E-state index in [1.54, 1.807) is 12.1 Å². The predicted molar refractivity (Wildman–Crippen MR) is 67.3 cm³/mol. The van der Waals surface area contributed by atoms with Gasteiger partial charge >= 0.3 is 0 Å². The maximum absolute atomic E-state index is 10.9. The fourth-order valence-electron chi connectivity index (χ4n) is 1.39. The lowest BCUT2D eigenvalue weighted by atomic mass is 9.85. The van der Waals surface area contributed by atoms with Crippen molar-refractivity contribution in [2.75, 3.05) is 0 Å². The van der Waals surface area contributed by atoms with Crippen LogP contribution in [0.15, 0.2) is 18.2 Å². The molecule has 0 spiro atoms. The van der Waals surface area contributed by atoms with Gasteiger partial charge in [-0.05, 0) is 11.5 Å². The first-order valence-corrected chi connectivity index (χ1v) is 5.70. The molecule has 17 heavy (non-hydrogen) atoms. The third-order valence-corrected chi connectivity index (χ3v) is 2.89. The number of hydrogen-bond acceptors (Lipinski definition) is 3. The highest BCUT2D eigenvalue weighted by Crippen LogP contribution is 2.28. The molecule has 1 unspecified atom stereocenters. The SMILES string of the molecule is CC(C)(C)C(O)Cc1ccc(Cl)cc1[N+](=O)[O-]. The minimum absolute atomic E-state index is 0.0409. The molecule has 0 saturated carbocycles. The number of nitro groups is 1. The Bertz CT molecular complexity index is 426. The van der Waals surface area contributed by atoms with Crippen LogP contribution in [0.3, 0.4) is 0 Å². The van der Waals surface area contributed by atoms with E-state index in [0.29, 0.717) is 10.6 Å². The van der Waals surface area contributed by atoms with Gasteiger partial charge in [0, 0.05) is 23.1 Å². The summed E-state index contributed by atoms with van der Waals surface area (Å²) in [6.07, 6.45) is -0.390. The largest absolute Gasteiger partial charge is 0.392 e. The lowest BCUT2D eigenvalue weighted by Gasteiger charge is -2.25. The van der Waals surface area contributed by atoms with Crippen LogP contribution < -0.4 is 0 Å². The number of benzene rings is 1. The van der Waals surface area contributed by atoms with Gasteiger partial charge in [0.25, 0.3) is 5.69 Å². The van der Waals surface area contributed by atoms with Crippen LogP contribution in [0, 0.1) is 15.5 Å². The Morgan fingerprint density at radius 1 is 1.47 bits per heavy atom. The standard InChI is InChI=1S/C12H16ClNO3/c1-12(2,3)11(15)6-8-4-5-9(13)7-10(8)14(16)17/h4-5,7,11,15H,6H2,1-3H3. The van der Waals surface area contributed by atoms with Gasteiger partial charge in [-0.3, -0.25) is 10.1 Å². The summed E-state index contributed by atoms with van der Waals surface area (Å²) in [6, 6.07) is 4.50. The maximum Gasteiger partial charge on any atom is 0.274 e. The number of halogens is 1. The Labute approximate surface area is 105 Å². The lowest BCUT2D eigenvalue weighted by Crippen LogP contribution is -2.28. The van der Waals surface area contributed by atoms with Gasteiger partial charge in [-0.1, -0.05) is 38.4 Å². The van der Waals surface area contributed by atoms with Crippen LogP contribution in [0.2, 0.25) is 5.02 Å². The molecule has 5 heteroatoms. The van der Waals surface area contributed by atoms with Crippen molar-refractivity contribution < 1.29 is 10.0 Å². The van der Waals surface area contributed by atoms with Gasteiger partial charge in [0.05, 0.1) is 11.0 Å². The molecule has 94 valence electrons. The fraction of sp³-hybridized carbons (Fsp3) is 0.500. The van der Waals surface area contributed by atoms with Crippen LogP contribution in [0.4, 0.5) is 5.69 Å². The van der Waals surface area contributed by atoms with Crippen LogP contribution in [-0.4, -0.2) is 16.1 Å². The minimum atomic E-state index is -0.637. The van der Waals surface area contributed by atoms with Gasteiger partial charge in [-0.2, -0.15) is 0 Å². The number of aliphatic hydroxyl groups is 1. The summed E-state index contributed by atoms with van der Waals surface area (Å²) in [7, 11) is 0. The van der Waals surface area contributed by atoms with E-state index in [1.165, 1.54) is 6.07 Å². The van der Waals surface area contributed by atoms with Crippen LogP contribution in [-0.2, 0) is 6.42 Å². The predicted octanol–water partition coefficient (Wildman–Crippen LogP) is 3.20. The molecule has 0 fully saturated rings. The Kier molecular flexibility index (Phi) is 4.11. The molecule has 1 aromatic carbocycles. The first-order chi connectivity index (χ1) is 7.71. The van der Waals surface area contributed by atoms with E-state index in [1.807, 2.05) is 20.8 Å². The lowest BCUT2D eigenvalue weighted by molar-refractivity contribution is -0.385. The third kappa shape index (κ3) is 3.68. The molecule has 0 aliphatic carbocycles. The Morgan fingerprint density at radius 2 is 2.06 bits per heavy atom.